The number of amides is 2. The lowest BCUT2D eigenvalue weighted by molar-refractivity contribution is -0.153. The molecule has 7 nitrogen and oxygen atoms in total. The van der Waals surface area contributed by atoms with Gasteiger partial charge in [-0.3, -0.25) is 9.59 Å². The molecule has 2 amide bonds. The highest BCUT2D eigenvalue weighted by Gasteiger charge is 2.34. The number of nitrogens with one attached hydrogen (secondary N) is 1. The Labute approximate surface area is 204 Å². The lowest BCUT2D eigenvalue weighted by atomic mass is 10.1. The van der Waals surface area contributed by atoms with E-state index in [0.29, 0.717) is 44.2 Å². The molecule has 1 aliphatic rings. The minimum atomic E-state index is -1.80. The zero-order chi connectivity index (χ0) is 23.8. The maximum atomic E-state index is 12.6. The molecule has 1 aromatic carbocycles. The molecule has 2 heterocycles. The Kier molecular flexibility index (Phi) is 9.55. The summed E-state index contributed by atoms with van der Waals surface area (Å²) in [6, 6.07) is 9.65. The number of halogens is 1. The number of hydrogen-bond donors (Lipinski definition) is 3. The number of para-hydroxylation sites is 1. The van der Waals surface area contributed by atoms with E-state index in [9.17, 15) is 19.8 Å². The Morgan fingerprint density at radius 3 is 2.55 bits per heavy atom. The van der Waals surface area contributed by atoms with E-state index in [1.54, 1.807) is 11.3 Å². The fraction of sp³-hybridized carbons (Fsp3) is 0.500. The van der Waals surface area contributed by atoms with Crippen LogP contribution in [0.25, 0.3) is 0 Å². The van der Waals surface area contributed by atoms with Gasteiger partial charge in [-0.15, -0.1) is 11.3 Å². The number of aryl methyl sites for hydroxylation is 1. The molecule has 1 fully saturated rings. The van der Waals surface area contributed by atoms with Crippen LogP contribution in [0.4, 0.5) is 5.69 Å². The summed E-state index contributed by atoms with van der Waals surface area (Å²) in [4.78, 5) is 29.6. The van der Waals surface area contributed by atoms with Gasteiger partial charge in [0.2, 0.25) is 0 Å². The summed E-state index contributed by atoms with van der Waals surface area (Å²) in [7, 11) is 0. The molecule has 0 saturated carbocycles. The monoisotopic (exact) mass is 493 g/mol. The second-order valence-electron chi connectivity index (χ2n) is 8.22. The van der Waals surface area contributed by atoms with Crippen molar-refractivity contribution < 1.29 is 19.8 Å². The van der Waals surface area contributed by atoms with Gasteiger partial charge in [-0.1, -0.05) is 37.1 Å². The highest BCUT2D eigenvalue weighted by Crippen LogP contribution is 2.26. The molecule has 9 heteroatoms. The van der Waals surface area contributed by atoms with Crippen LogP contribution >= 0.6 is 22.9 Å². The van der Waals surface area contributed by atoms with E-state index < -0.39 is 24.0 Å². The molecular weight excluding hydrogens is 462 g/mol. The number of carbonyl (C=O) groups is 2. The minimum absolute atomic E-state index is 0.334. The Bertz CT molecular complexity index is 930. The van der Waals surface area contributed by atoms with E-state index in [-0.39, 0.29) is 0 Å². The Balaban J connectivity index is 1.42. The Hall–Kier alpha value is -2.13. The standard InChI is InChI=1S/C24H32ClN3O4S/c1-2-3-6-17-15-18(33-16-17)9-10-26-23(31)21(29)22(30)24(32)28-13-11-27(12-14-28)20-8-5-4-7-19(20)25/h4-5,7-8,15-16,21-22,29-30H,2-3,6,9-14H2,1H3,(H,26,31)/t21-,22-/m1/s1. The smallest absolute Gasteiger partial charge is 0.254 e. The van der Waals surface area contributed by atoms with Gasteiger partial charge in [-0.05, 0) is 48.4 Å². The average molecular weight is 494 g/mol. The van der Waals surface area contributed by atoms with Gasteiger partial charge < -0.3 is 25.3 Å². The number of nitrogens with zero attached hydrogens (tertiary/aromatic N) is 2. The van der Waals surface area contributed by atoms with E-state index in [1.807, 2.05) is 24.3 Å². The van der Waals surface area contributed by atoms with Crippen LogP contribution < -0.4 is 10.2 Å². The molecule has 1 aromatic heterocycles. The van der Waals surface area contributed by atoms with E-state index in [0.717, 1.165) is 29.8 Å². The molecule has 0 bridgehead atoms. The molecule has 0 aliphatic carbocycles. The van der Waals surface area contributed by atoms with Crippen LogP contribution in [-0.4, -0.2) is 71.9 Å². The third-order valence-electron chi connectivity index (χ3n) is 5.80. The molecule has 0 spiro atoms. The lowest BCUT2D eigenvalue weighted by Gasteiger charge is -2.37. The molecule has 2 atom stereocenters. The van der Waals surface area contributed by atoms with Crippen molar-refractivity contribution in [1.82, 2.24) is 10.2 Å². The summed E-state index contributed by atoms with van der Waals surface area (Å²) in [6.45, 7) is 4.33. The minimum Gasteiger partial charge on any atom is -0.380 e. The third kappa shape index (κ3) is 6.93. The molecule has 1 aliphatic heterocycles. The van der Waals surface area contributed by atoms with Crippen molar-refractivity contribution in [1.29, 1.82) is 0 Å². The summed E-state index contributed by atoms with van der Waals surface area (Å²) in [5.41, 5.74) is 2.20. The van der Waals surface area contributed by atoms with Gasteiger partial charge in [0.25, 0.3) is 11.8 Å². The van der Waals surface area contributed by atoms with Gasteiger partial charge >= 0.3 is 0 Å². The van der Waals surface area contributed by atoms with Gasteiger partial charge in [0.05, 0.1) is 10.7 Å². The van der Waals surface area contributed by atoms with Crippen molar-refractivity contribution in [3.8, 4) is 0 Å². The van der Waals surface area contributed by atoms with Crippen LogP contribution in [-0.2, 0) is 22.4 Å². The highest BCUT2D eigenvalue weighted by molar-refractivity contribution is 7.10. The number of aliphatic hydroxyl groups is 2. The van der Waals surface area contributed by atoms with E-state index >= 15 is 0 Å². The summed E-state index contributed by atoms with van der Waals surface area (Å²) in [6.07, 6.45) is 0.404. The molecule has 0 radical (unpaired) electrons. The third-order valence-corrected chi connectivity index (χ3v) is 7.17. The second-order valence-corrected chi connectivity index (χ2v) is 9.62. The van der Waals surface area contributed by atoms with Crippen molar-refractivity contribution in [2.75, 3.05) is 37.6 Å². The number of rotatable bonds is 10. The molecule has 2 aromatic rings. The van der Waals surface area contributed by atoms with Crippen LogP contribution in [0.3, 0.4) is 0 Å². The lowest BCUT2D eigenvalue weighted by Crippen LogP contribution is -2.55. The van der Waals surface area contributed by atoms with Crippen LogP contribution in [0.2, 0.25) is 5.02 Å². The van der Waals surface area contributed by atoms with E-state index in [1.165, 1.54) is 10.5 Å². The number of anilines is 1. The largest absolute Gasteiger partial charge is 0.380 e. The summed E-state index contributed by atoms with van der Waals surface area (Å²) in [5.74, 6) is -1.39. The number of carbonyl (C=O) groups excluding carboxylic acids is 2. The van der Waals surface area contributed by atoms with Crippen LogP contribution in [0.15, 0.2) is 35.7 Å². The number of piperazine rings is 1. The predicted octanol–water partition coefficient (Wildman–Crippen LogP) is 2.47. The molecule has 3 rings (SSSR count). The van der Waals surface area contributed by atoms with Crippen LogP contribution in [0.5, 0.6) is 0 Å². The highest BCUT2D eigenvalue weighted by atomic mass is 35.5. The molecule has 3 N–H and O–H groups in total. The number of thiophene rings is 1. The molecule has 0 unspecified atom stereocenters. The summed E-state index contributed by atoms with van der Waals surface area (Å²) < 4.78 is 0. The van der Waals surface area contributed by atoms with E-state index in [4.69, 9.17) is 11.6 Å². The Morgan fingerprint density at radius 2 is 1.85 bits per heavy atom. The first-order valence-electron chi connectivity index (χ1n) is 11.4. The number of unbranched alkanes of at least 4 members (excludes halogenated alkanes) is 1. The molecular formula is C24H32ClN3O4S. The fourth-order valence-corrected chi connectivity index (χ4v) is 5.01. The second kappa shape index (κ2) is 12.4. The van der Waals surface area contributed by atoms with Gasteiger partial charge in [-0.2, -0.15) is 0 Å². The van der Waals surface area contributed by atoms with Crippen LogP contribution in [0, 0.1) is 0 Å². The first-order valence-corrected chi connectivity index (χ1v) is 12.6. The fourth-order valence-electron chi connectivity index (χ4n) is 3.82. The quantitative estimate of drug-likeness (QED) is 0.473. The van der Waals surface area contributed by atoms with Gasteiger partial charge in [0.1, 0.15) is 0 Å². The van der Waals surface area contributed by atoms with Gasteiger partial charge in [0.15, 0.2) is 12.2 Å². The average Bonchev–Trinajstić information content (AvgIpc) is 3.29. The molecule has 1 saturated heterocycles. The topological polar surface area (TPSA) is 93.1 Å². The Morgan fingerprint density at radius 1 is 1.12 bits per heavy atom. The number of benzene rings is 1. The van der Waals surface area contributed by atoms with Crippen molar-refractivity contribution in [2.24, 2.45) is 0 Å². The van der Waals surface area contributed by atoms with Crippen molar-refractivity contribution in [3.63, 3.8) is 0 Å². The van der Waals surface area contributed by atoms with Crippen molar-refractivity contribution in [3.05, 3.63) is 51.2 Å². The summed E-state index contributed by atoms with van der Waals surface area (Å²) >= 11 is 7.90. The maximum absolute atomic E-state index is 12.6. The van der Waals surface area contributed by atoms with Gasteiger partial charge in [-0.25, -0.2) is 0 Å². The maximum Gasteiger partial charge on any atom is 0.254 e. The van der Waals surface area contributed by atoms with Crippen molar-refractivity contribution >= 4 is 40.4 Å². The number of aliphatic hydroxyl groups excluding tert-OH is 2. The SMILES string of the molecule is CCCCc1csc(CCNC(=O)[C@H](O)[C@@H](O)C(=O)N2CCN(c3ccccc3Cl)CC2)c1. The normalized spacial score (nSPS) is 15.9. The molecule has 180 valence electrons. The first-order chi connectivity index (χ1) is 15.9. The van der Waals surface area contributed by atoms with E-state index in [2.05, 4.69) is 28.6 Å². The first kappa shape index (κ1) is 25.5. The van der Waals surface area contributed by atoms with Crippen LogP contribution in [0.1, 0.15) is 30.2 Å². The summed E-state index contributed by atoms with van der Waals surface area (Å²) in [5, 5.41) is 25.9. The van der Waals surface area contributed by atoms with Gasteiger partial charge in [0, 0.05) is 37.6 Å². The number of hydrogen-bond acceptors (Lipinski definition) is 6. The predicted molar refractivity (Wildman–Crippen MR) is 132 cm³/mol. The zero-order valence-electron chi connectivity index (χ0n) is 18.9. The van der Waals surface area contributed by atoms with Crippen molar-refractivity contribution in [2.45, 2.75) is 44.8 Å². The zero-order valence-corrected chi connectivity index (χ0v) is 20.4. The molecule has 33 heavy (non-hydrogen) atoms.